The summed E-state index contributed by atoms with van der Waals surface area (Å²) in [7, 11) is 1.81. The van der Waals surface area contributed by atoms with Gasteiger partial charge in [0.1, 0.15) is 11.5 Å². The summed E-state index contributed by atoms with van der Waals surface area (Å²) in [6.07, 6.45) is 5.68. The molecule has 1 aliphatic rings. The number of aryl methyl sites for hydroxylation is 3. The monoisotopic (exact) mass is 301 g/mol. The van der Waals surface area contributed by atoms with E-state index in [9.17, 15) is 4.79 Å². The van der Waals surface area contributed by atoms with E-state index in [1.807, 2.05) is 25.1 Å². The zero-order chi connectivity index (χ0) is 15.7. The lowest BCUT2D eigenvalue weighted by molar-refractivity contribution is 0.0671. The third-order valence-corrected chi connectivity index (χ3v) is 4.64. The molecule has 22 heavy (non-hydrogen) atoms. The number of aromatic nitrogens is 4. The maximum Gasteiger partial charge on any atom is 0.272 e. The SMILES string of the molecule is Cc1cnc(C)n1CC1CCN(C(=O)c2ccnn2C)CC1. The van der Waals surface area contributed by atoms with Crippen LogP contribution in [0.3, 0.4) is 0 Å². The lowest BCUT2D eigenvalue weighted by atomic mass is 9.96. The van der Waals surface area contributed by atoms with Crippen LogP contribution in [0.4, 0.5) is 0 Å². The van der Waals surface area contributed by atoms with E-state index in [1.165, 1.54) is 5.69 Å². The minimum Gasteiger partial charge on any atom is -0.337 e. The minimum absolute atomic E-state index is 0.0911. The molecule has 0 spiro atoms. The standard InChI is InChI=1S/C16H23N5O/c1-12-10-17-13(2)21(12)11-14-5-8-20(9-6-14)16(22)15-4-7-18-19(15)3/h4,7,10,14H,5-6,8-9,11H2,1-3H3. The van der Waals surface area contributed by atoms with Gasteiger partial charge in [-0.15, -0.1) is 0 Å². The van der Waals surface area contributed by atoms with Crippen molar-refractivity contribution in [3.63, 3.8) is 0 Å². The normalized spacial score (nSPS) is 16.2. The Morgan fingerprint density at radius 2 is 2.05 bits per heavy atom. The number of nitrogens with zero attached hydrogens (tertiary/aromatic N) is 5. The van der Waals surface area contributed by atoms with Crippen molar-refractivity contribution in [1.29, 1.82) is 0 Å². The van der Waals surface area contributed by atoms with Crippen molar-refractivity contribution in [3.05, 3.63) is 35.7 Å². The first-order chi connectivity index (χ1) is 10.6. The quantitative estimate of drug-likeness (QED) is 0.868. The zero-order valence-electron chi connectivity index (χ0n) is 13.5. The van der Waals surface area contributed by atoms with Crippen molar-refractivity contribution >= 4 is 5.91 Å². The molecule has 118 valence electrons. The maximum atomic E-state index is 12.5. The van der Waals surface area contributed by atoms with Crippen molar-refractivity contribution in [3.8, 4) is 0 Å². The van der Waals surface area contributed by atoms with E-state index in [2.05, 4.69) is 21.6 Å². The highest BCUT2D eigenvalue weighted by molar-refractivity contribution is 5.92. The van der Waals surface area contributed by atoms with Crippen LogP contribution in [0.15, 0.2) is 18.5 Å². The molecule has 1 aliphatic heterocycles. The van der Waals surface area contributed by atoms with Gasteiger partial charge in [0.2, 0.25) is 0 Å². The van der Waals surface area contributed by atoms with Crippen LogP contribution in [0.1, 0.15) is 34.8 Å². The first-order valence-corrected chi connectivity index (χ1v) is 7.82. The largest absolute Gasteiger partial charge is 0.337 e. The second-order valence-electron chi connectivity index (χ2n) is 6.13. The molecule has 2 aromatic heterocycles. The molecule has 6 heteroatoms. The summed E-state index contributed by atoms with van der Waals surface area (Å²) in [5, 5.41) is 4.08. The van der Waals surface area contributed by atoms with Crippen LogP contribution in [0.2, 0.25) is 0 Å². The molecule has 1 fully saturated rings. The molecule has 0 saturated carbocycles. The molecule has 3 heterocycles. The van der Waals surface area contributed by atoms with E-state index in [0.717, 1.165) is 38.3 Å². The number of likely N-dealkylation sites (tertiary alicyclic amines) is 1. The van der Waals surface area contributed by atoms with Crippen LogP contribution in [0.25, 0.3) is 0 Å². The van der Waals surface area contributed by atoms with E-state index >= 15 is 0 Å². The van der Waals surface area contributed by atoms with Crippen molar-refractivity contribution < 1.29 is 4.79 Å². The zero-order valence-corrected chi connectivity index (χ0v) is 13.5. The van der Waals surface area contributed by atoms with Crippen LogP contribution in [0.5, 0.6) is 0 Å². The first-order valence-electron chi connectivity index (χ1n) is 7.82. The van der Waals surface area contributed by atoms with Crippen molar-refractivity contribution in [2.24, 2.45) is 13.0 Å². The Bertz CT molecular complexity index is 644. The third-order valence-electron chi connectivity index (χ3n) is 4.64. The van der Waals surface area contributed by atoms with Crippen LogP contribution in [-0.2, 0) is 13.6 Å². The van der Waals surface area contributed by atoms with E-state index in [1.54, 1.807) is 16.9 Å². The van der Waals surface area contributed by atoms with Gasteiger partial charge in [-0.3, -0.25) is 9.48 Å². The predicted molar refractivity (Wildman–Crippen MR) is 83.5 cm³/mol. The van der Waals surface area contributed by atoms with Gasteiger partial charge >= 0.3 is 0 Å². The lowest BCUT2D eigenvalue weighted by Gasteiger charge is -2.32. The Morgan fingerprint density at radius 3 is 2.59 bits per heavy atom. The highest BCUT2D eigenvalue weighted by atomic mass is 16.2. The average molecular weight is 301 g/mol. The molecular weight excluding hydrogens is 278 g/mol. The van der Waals surface area contributed by atoms with Crippen LogP contribution >= 0.6 is 0 Å². The molecule has 0 bridgehead atoms. The van der Waals surface area contributed by atoms with E-state index in [0.29, 0.717) is 11.6 Å². The smallest absolute Gasteiger partial charge is 0.272 e. The highest BCUT2D eigenvalue weighted by Crippen LogP contribution is 2.22. The minimum atomic E-state index is 0.0911. The van der Waals surface area contributed by atoms with Gasteiger partial charge in [-0.05, 0) is 38.7 Å². The molecule has 0 unspecified atom stereocenters. The molecule has 0 aromatic carbocycles. The molecule has 0 N–H and O–H groups in total. The van der Waals surface area contributed by atoms with Crippen LogP contribution in [-0.4, -0.2) is 43.2 Å². The number of carbonyl (C=O) groups excluding carboxylic acids is 1. The highest BCUT2D eigenvalue weighted by Gasteiger charge is 2.25. The summed E-state index contributed by atoms with van der Waals surface area (Å²) in [5.74, 6) is 1.78. The summed E-state index contributed by atoms with van der Waals surface area (Å²) < 4.78 is 3.93. The Hall–Kier alpha value is -2.11. The summed E-state index contributed by atoms with van der Waals surface area (Å²) in [6, 6.07) is 1.78. The molecule has 0 radical (unpaired) electrons. The molecule has 1 amide bonds. The van der Waals surface area contributed by atoms with E-state index in [4.69, 9.17) is 0 Å². The molecule has 0 aliphatic carbocycles. The molecule has 3 rings (SSSR count). The fourth-order valence-corrected chi connectivity index (χ4v) is 3.18. The third kappa shape index (κ3) is 2.77. The number of rotatable bonds is 3. The Kier molecular flexibility index (Phi) is 4.00. The van der Waals surface area contributed by atoms with Gasteiger partial charge in [0.25, 0.3) is 5.91 Å². The number of amides is 1. The Balaban J connectivity index is 1.59. The molecule has 1 saturated heterocycles. The predicted octanol–water partition coefficient (Wildman–Crippen LogP) is 1.79. The van der Waals surface area contributed by atoms with Gasteiger partial charge in [0.15, 0.2) is 0 Å². The number of hydrogen-bond acceptors (Lipinski definition) is 3. The number of hydrogen-bond donors (Lipinski definition) is 0. The van der Waals surface area contributed by atoms with Crippen molar-refractivity contribution in [2.75, 3.05) is 13.1 Å². The summed E-state index contributed by atoms with van der Waals surface area (Å²) in [6.45, 7) is 6.80. The number of imidazole rings is 1. The fraction of sp³-hybridized carbons (Fsp3) is 0.562. The topological polar surface area (TPSA) is 56.0 Å². The second kappa shape index (κ2) is 5.94. The lowest BCUT2D eigenvalue weighted by Crippen LogP contribution is -2.40. The first kappa shape index (κ1) is 14.8. The van der Waals surface area contributed by atoms with E-state index in [-0.39, 0.29) is 5.91 Å². The summed E-state index contributed by atoms with van der Waals surface area (Å²) >= 11 is 0. The molecule has 6 nitrogen and oxygen atoms in total. The van der Waals surface area contributed by atoms with Crippen LogP contribution in [0, 0.1) is 19.8 Å². The maximum absolute atomic E-state index is 12.5. The average Bonchev–Trinajstić information content (AvgIpc) is 3.08. The van der Waals surface area contributed by atoms with E-state index < -0.39 is 0 Å². The van der Waals surface area contributed by atoms with Crippen molar-refractivity contribution in [2.45, 2.75) is 33.2 Å². The Morgan fingerprint density at radius 1 is 1.32 bits per heavy atom. The molecule has 2 aromatic rings. The summed E-state index contributed by atoms with van der Waals surface area (Å²) in [4.78, 5) is 18.8. The molecular formula is C16H23N5O. The van der Waals surface area contributed by atoms with Gasteiger partial charge in [-0.2, -0.15) is 5.10 Å². The second-order valence-corrected chi connectivity index (χ2v) is 6.13. The molecule has 0 atom stereocenters. The van der Waals surface area contributed by atoms with Gasteiger partial charge in [-0.1, -0.05) is 0 Å². The van der Waals surface area contributed by atoms with Gasteiger partial charge in [-0.25, -0.2) is 4.98 Å². The van der Waals surface area contributed by atoms with Gasteiger partial charge in [0, 0.05) is 44.8 Å². The number of piperidine rings is 1. The van der Waals surface area contributed by atoms with Gasteiger partial charge in [0.05, 0.1) is 0 Å². The fourth-order valence-electron chi connectivity index (χ4n) is 3.18. The van der Waals surface area contributed by atoms with Crippen molar-refractivity contribution in [1.82, 2.24) is 24.2 Å². The summed E-state index contributed by atoms with van der Waals surface area (Å²) in [5.41, 5.74) is 1.88. The van der Waals surface area contributed by atoms with Gasteiger partial charge < -0.3 is 9.47 Å². The number of carbonyl (C=O) groups is 1. The Labute approximate surface area is 130 Å². The van der Waals surface area contributed by atoms with Crippen LogP contribution < -0.4 is 0 Å².